The van der Waals surface area contributed by atoms with Gasteiger partial charge in [0.05, 0.1) is 25.9 Å². The number of benzene rings is 1. The summed E-state index contributed by atoms with van der Waals surface area (Å²) in [5, 5.41) is 3.47. The van der Waals surface area contributed by atoms with Crippen LogP contribution in [0.3, 0.4) is 0 Å². The van der Waals surface area contributed by atoms with Crippen molar-refractivity contribution in [3.8, 4) is 5.75 Å². The second-order valence-electron chi connectivity index (χ2n) is 5.32. The third-order valence-corrected chi connectivity index (χ3v) is 3.81. The highest BCUT2D eigenvalue weighted by molar-refractivity contribution is 5.31. The van der Waals surface area contributed by atoms with E-state index in [1.54, 1.807) is 7.11 Å². The fourth-order valence-corrected chi connectivity index (χ4v) is 2.75. The zero-order valence-corrected chi connectivity index (χ0v) is 12.8. The van der Waals surface area contributed by atoms with Crippen molar-refractivity contribution in [3.05, 3.63) is 29.8 Å². The summed E-state index contributed by atoms with van der Waals surface area (Å²) in [5.74, 6) is 0.904. The van der Waals surface area contributed by atoms with Crippen LogP contribution in [0.1, 0.15) is 24.9 Å². The van der Waals surface area contributed by atoms with Gasteiger partial charge in [0.15, 0.2) is 0 Å². The van der Waals surface area contributed by atoms with Gasteiger partial charge in [0.25, 0.3) is 0 Å². The molecule has 4 nitrogen and oxygen atoms in total. The zero-order chi connectivity index (χ0) is 14.4. The Morgan fingerprint density at radius 1 is 1.45 bits per heavy atom. The summed E-state index contributed by atoms with van der Waals surface area (Å²) in [6, 6.07) is 8.58. The van der Waals surface area contributed by atoms with E-state index in [4.69, 9.17) is 9.47 Å². The molecule has 112 valence electrons. The summed E-state index contributed by atoms with van der Waals surface area (Å²) >= 11 is 0. The van der Waals surface area contributed by atoms with E-state index in [-0.39, 0.29) is 12.1 Å². The number of nitrogens with one attached hydrogen (secondary N) is 1. The zero-order valence-electron chi connectivity index (χ0n) is 12.8. The lowest BCUT2D eigenvalue weighted by atomic mass is 9.98. The first-order valence-electron chi connectivity index (χ1n) is 7.42. The normalized spacial score (nSPS) is 23.8. The molecule has 2 unspecified atom stereocenters. The Morgan fingerprint density at radius 3 is 3.05 bits per heavy atom. The number of hydrogen-bond acceptors (Lipinski definition) is 4. The maximum Gasteiger partial charge on any atom is 0.119 e. The average Bonchev–Trinajstić information content (AvgIpc) is 2.48. The molecular weight excluding hydrogens is 252 g/mol. The first-order chi connectivity index (χ1) is 9.76. The van der Waals surface area contributed by atoms with Crippen LogP contribution in [-0.4, -0.2) is 51.4 Å². The molecule has 1 fully saturated rings. The third-order valence-electron chi connectivity index (χ3n) is 3.81. The van der Waals surface area contributed by atoms with Gasteiger partial charge in [0.1, 0.15) is 5.75 Å². The number of rotatable bonds is 6. The highest BCUT2D eigenvalue weighted by Crippen LogP contribution is 2.30. The van der Waals surface area contributed by atoms with Gasteiger partial charge in [0, 0.05) is 13.1 Å². The highest BCUT2D eigenvalue weighted by Gasteiger charge is 2.31. The first kappa shape index (κ1) is 15.3. The molecule has 2 rings (SSSR count). The molecule has 1 aliphatic rings. The van der Waals surface area contributed by atoms with Crippen molar-refractivity contribution in [2.24, 2.45) is 0 Å². The molecule has 0 saturated carbocycles. The molecule has 0 amide bonds. The molecule has 0 spiro atoms. The van der Waals surface area contributed by atoms with E-state index in [1.807, 2.05) is 12.1 Å². The van der Waals surface area contributed by atoms with Crippen LogP contribution in [0.5, 0.6) is 5.75 Å². The van der Waals surface area contributed by atoms with Crippen LogP contribution in [0.2, 0.25) is 0 Å². The number of nitrogens with zero attached hydrogens (tertiary/aromatic N) is 1. The fraction of sp³-hybridized carbons (Fsp3) is 0.625. The van der Waals surface area contributed by atoms with Crippen molar-refractivity contribution in [2.75, 3.05) is 40.4 Å². The van der Waals surface area contributed by atoms with Gasteiger partial charge in [-0.25, -0.2) is 0 Å². The lowest BCUT2D eigenvalue weighted by Gasteiger charge is -2.39. The van der Waals surface area contributed by atoms with Gasteiger partial charge in [-0.05, 0) is 37.7 Å². The Balaban J connectivity index is 2.13. The molecule has 1 aliphatic heterocycles. The minimum Gasteiger partial charge on any atom is -0.497 e. The van der Waals surface area contributed by atoms with E-state index in [0.29, 0.717) is 0 Å². The van der Waals surface area contributed by atoms with Crippen molar-refractivity contribution in [3.63, 3.8) is 0 Å². The third kappa shape index (κ3) is 3.72. The topological polar surface area (TPSA) is 33.7 Å². The van der Waals surface area contributed by atoms with Crippen LogP contribution in [0.4, 0.5) is 0 Å². The Morgan fingerprint density at radius 2 is 2.30 bits per heavy atom. The molecule has 2 atom stereocenters. The monoisotopic (exact) mass is 278 g/mol. The summed E-state index contributed by atoms with van der Waals surface area (Å²) in [6.07, 6.45) is 1.33. The van der Waals surface area contributed by atoms with E-state index >= 15 is 0 Å². The molecular formula is C16H26N2O2. The van der Waals surface area contributed by atoms with Crippen LogP contribution in [0.25, 0.3) is 0 Å². The largest absolute Gasteiger partial charge is 0.497 e. The highest BCUT2D eigenvalue weighted by atomic mass is 16.5. The second-order valence-corrected chi connectivity index (χ2v) is 5.32. The summed E-state index contributed by atoms with van der Waals surface area (Å²) in [7, 11) is 3.87. The molecule has 4 heteroatoms. The van der Waals surface area contributed by atoms with Gasteiger partial charge in [-0.3, -0.25) is 4.90 Å². The molecule has 1 aromatic carbocycles. The van der Waals surface area contributed by atoms with Crippen LogP contribution in [0, 0.1) is 0 Å². The van der Waals surface area contributed by atoms with Gasteiger partial charge >= 0.3 is 0 Å². The lowest BCUT2D eigenvalue weighted by molar-refractivity contribution is -0.0613. The quantitative estimate of drug-likeness (QED) is 0.808. The first-order valence-corrected chi connectivity index (χ1v) is 7.42. The lowest BCUT2D eigenvalue weighted by Crippen LogP contribution is -2.47. The molecule has 0 aromatic heterocycles. The molecule has 0 bridgehead atoms. The number of likely N-dealkylation sites (N-methyl/N-ethyl adjacent to an activating group) is 1. The van der Waals surface area contributed by atoms with Gasteiger partial charge < -0.3 is 14.8 Å². The van der Waals surface area contributed by atoms with E-state index in [1.165, 1.54) is 5.56 Å². The van der Waals surface area contributed by atoms with E-state index < -0.39 is 0 Å². The SMILES string of the molecule is CCCNCC1OCCN(C)C1c1cccc(OC)c1. The van der Waals surface area contributed by atoms with Crippen molar-refractivity contribution < 1.29 is 9.47 Å². The maximum absolute atomic E-state index is 5.99. The van der Waals surface area contributed by atoms with Crippen LogP contribution in [0.15, 0.2) is 24.3 Å². The predicted molar refractivity (Wildman–Crippen MR) is 81.3 cm³/mol. The Bertz CT molecular complexity index is 411. The van der Waals surface area contributed by atoms with Crippen molar-refractivity contribution in [2.45, 2.75) is 25.5 Å². The number of ether oxygens (including phenoxy) is 2. The number of morpholine rings is 1. The van der Waals surface area contributed by atoms with Crippen LogP contribution < -0.4 is 10.1 Å². The second kappa shape index (κ2) is 7.62. The van der Waals surface area contributed by atoms with Gasteiger partial charge in [0.2, 0.25) is 0 Å². The number of methoxy groups -OCH3 is 1. The van der Waals surface area contributed by atoms with Crippen LogP contribution >= 0.6 is 0 Å². The predicted octanol–water partition coefficient (Wildman–Crippen LogP) is 2.07. The van der Waals surface area contributed by atoms with E-state index in [2.05, 4.69) is 36.3 Å². The van der Waals surface area contributed by atoms with Crippen LogP contribution in [-0.2, 0) is 4.74 Å². The summed E-state index contributed by atoms with van der Waals surface area (Å²) in [6.45, 7) is 5.87. The van der Waals surface area contributed by atoms with Gasteiger partial charge in [-0.15, -0.1) is 0 Å². The van der Waals surface area contributed by atoms with E-state index in [9.17, 15) is 0 Å². The van der Waals surface area contributed by atoms with E-state index in [0.717, 1.165) is 38.4 Å². The average molecular weight is 278 g/mol. The van der Waals surface area contributed by atoms with Gasteiger partial charge in [-0.2, -0.15) is 0 Å². The minimum atomic E-state index is 0.187. The standard InChI is InChI=1S/C16H26N2O2/c1-4-8-17-12-15-16(18(2)9-10-20-15)13-6-5-7-14(11-13)19-3/h5-7,11,15-17H,4,8-10,12H2,1-3H3. The summed E-state index contributed by atoms with van der Waals surface area (Å²) < 4.78 is 11.3. The maximum atomic E-state index is 5.99. The summed E-state index contributed by atoms with van der Waals surface area (Å²) in [4.78, 5) is 2.37. The fourth-order valence-electron chi connectivity index (χ4n) is 2.75. The molecule has 0 radical (unpaired) electrons. The van der Waals surface area contributed by atoms with Gasteiger partial charge in [-0.1, -0.05) is 19.1 Å². The smallest absolute Gasteiger partial charge is 0.119 e. The summed E-state index contributed by atoms with van der Waals surface area (Å²) in [5.41, 5.74) is 1.26. The van der Waals surface area contributed by atoms with Crippen molar-refractivity contribution in [1.82, 2.24) is 10.2 Å². The van der Waals surface area contributed by atoms with Crippen molar-refractivity contribution >= 4 is 0 Å². The Labute approximate surface area is 122 Å². The molecule has 1 aromatic rings. The molecule has 0 aliphatic carbocycles. The Kier molecular flexibility index (Phi) is 5.83. The number of hydrogen-bond donors (Lipinski definition) is 1. The molecule has 20 heavy (non-hydrogen) atoms. The Hall–Kier alpha value is -1.10. The van der Waals surface area contributed by atoms with Crippen molar-refractivity contribution in [1.29, 1.82) is 0 Å². The molecule has 1 saturated heterocycles. The molecule has 1 N–H and O–H groups in total. The molecule has 1 heterocycles. The minimum absolute atomic E-state index is 0.187.